The molecule has 1 aromatic carbocycles. The molecule has 3 N–H and O–H groups in total. The molecule has 2 amide bonds. The molecule has 29 heavy (non-hydrogen) atoms. The molecule has 1 aromatic heterocycles. The van der Waals surface area contributed by atoms with Crippen LogP contribution in [0.15, 0.2) is 30.5 Å². The minimum atomic E-state index is -0.512. The van der Waals surface area contributed by atoms with Crippen LogP contribution in [-0.2, 0) is 0 Å². The predicted octanol–water partition coefficient (Wildman–Crippen LogP) is 4.13. The molecule has 156 valence electrons. The van der Waals surface area contributed by atoms with Crippen molar-refractivity contribution in [1.82, 2.24) is 15.3 Å². The Kier molecular flexibility index (Phi) is 7.09. The van der Waals surface area contributed by atoms with Gasteiger partial charge in [0.05, 0.1) is 5.02 Å². The average molecular weight is 421 g/mol. The fourth-order valence-electron chi connectivity index (χ4n) is 3.35. The minimum absolute atomic E-state index is 0.0197. The number of hydrogen-bond acceptors (Lipinski definition) is 5. The van der Waals surface area contributed by atoms with Gasteiger partial charge in [-0.15, -0.1) is 0 Å². The Morgan fingerprint density at radius 1 is 1.24 bits per heavy atom. The highest BCUT2D eigenvalue weighted by Gasteiger charge is 2.22. The monoisotopic (exact) mass is 420 g/mol. The first kappa shape index (κ1) is 21.1. The van der Waals surface area contributed by atoms with E-state index in [0.717, 1.165) is 31.5 Å². The van der Waals surface area contributed by atoms with E-state index < -0.39 is 5.82 Å². The molecule has 0 aliphatic heterocycles. The van der Waals surface area contributed by atoms with E-state index >= 15 is 0 Å². The van der Waals surface area contributed by atoms with Gasteiger partial charge >= 0.3 is 6.03 Å². The third-order valence-electron chi connectivity index (χ3n) is 5.01. The van der Waals surface area contributed by atoms with Crippen molar-refractivity contribution in [2.75, 3.05) is 36.2 Å². The summed E-state index contributed by atoms with van der Waals surface area (Å²) < 4.78 is 13.2. The van der Waals surface area contributed by atoms with E-state index in [1.165, 1.54) is 18.2 Å². The molecule has 1 heterocycles. The molecule has 1 aliphatic rings. The van der Waals surface area contributed by atoms with Crippen LogP contribution < -0.4 is 20.9 Å². The zero-order valence-electron chi connectivity index (χ0n) is 16.6. The van der Waals surface area contributed by atoms with E-state index in [4.69, 9.17) is 11.6 Å². The topological polar surface area (TPSA) is 82.2 Å². The first-order valence-electron chi connectivity index (χ1n) is 9.67. The lowest BCUT2D eigenvalue weighted by molar-refractivity contribution is 0.246. The molecular weight excluding hydrogens is 395 g/mol. The van der Waals surface area contributed by atoms with Gasteiger partial charge in [0.25, 0.3) is 0 Å². The Hall–Kier alpha value is -2.61. The molecule has 9 heteroatoms. The minimum Gasteiger partial charge on any atom is -0.363 e. The summed E-state index contributed by atoms with van der Waals surface area (Å²) in [5.41, 5.74) is 0.460. The van der Waals surface area contributed by atoms with Gasteiger partial charge < -0.3 is 20.9 Å². The van der Waals surface area contributed by atoms with Gasteiger partial charge in [0.15, 0.2) is 0 Å². The van der Waals surface area contributed by atoms with Gasteiger partial charge in [0.2, 0.25) is 5.95 Å². The average Bonchev–Trinajstić information content (AvgIpc) is 2.70. The molecule has 2 aromatic rings. The van der Waals surface area contributed by atoms with Crippen LogP contribution in [0.3, 0.4) is 0 Å². The molecule has 0 bridgehead atoms. The van der Waals surface area contributed by atoms with Gasteiger partial charge in [0, 0.05) is 38.6 Å². The Bertz CT molecular complexity index is 841. The number of hydrogen-bond donors (Lipinski definition) is 3. The first-order valence-corrected chi connectivity index (χ1v) is 10.1. The fraction of sp³-hybridized carbons (Fsp3) is 0.450. The van der Waals surface area contributed by atoms with Gasteiger partial charge in [-0.2, -0.15) is 4.98 Å². The molecule has 0 spiro atoms. The number of nitrogens with one attached hydrogen (secondary N) is 3. The Morgan fingerprint density at radius 3 is 2.69 bits per heavy atom. The third-order valence-corrected chi connectivity index (χ3v) is 5.30. The lowest BCUT2D eigenvalue weighted by atomic mass is 9.86. The van der Waals surface area contributed by atoms with Crippen molar-refractivity contribution in [1.29, 1.82) is 0 Å². The third kappa shape index (κ3) is 6.19. The second-order valence-electron chi connectivity index (χ2n) is 7.46. The van der Waals surface area contributed by atoms with Crippen molar-refractivity contribution in [2.45, 2.75) is 31.7 Å². The molecule has 7 nitrogen and oxygen atoms in total. The molecule has 0 saturated heterocycles. The quantitative estimate of drug-likeness (QED) is 0.654. The predicted molar refractivity (Wildman–Crippen MR) is 114 cm³/mol. The number of nitrogens with zero attached hydrogens (tertiary/aromatic N) is 3. The zero-order valence-corrected chi connectivity index (χ0v) is 17.3. The molecule has 1 aliphatic carbocycles. The van der Waals surface area contributed by atoms with Crippen LogP contribution in [0.5, 0.6) is 0 Å². The second-order valence-corrected chi connectivity index (χ2v) is 7.87. The smallest absolute Gasteiger partial charge is 0.319 e. The summed E-state index contributed by atoms with van der Waals surface area (Å²) in [6, 6.07) is 5.98. The van der Waals surface area contributed by atoms with E-state index in [2.05, 4.69) is 25.9 Å². The largest absolute Gasteiger partial charge is 0.363 e. The number of anilines is 3. The first-order chi connectivity index (χ1) is 13.9. The van der Waals surface area contributed by atoms with E-state index in [9.17, 15) is 9.18 Å². The highest BCUT2D eigenvalue weighted by molar-refractivity contribution is 6.31. The maximum Gasteiger partial charge on any atom is 0.319 e. The number of benzene rings is 1. The number of rotatable bonds is 6. The standard InChI is InChI=1S/C20H26ClFN6O/c1-28(2)18-9-10-23-19(27-18)25-14-5-3-13(4-6-14)12-24-20(29)26-15-7-8-17(22)16(21)11-15/h7-11,13-14H,3-6,12H2,1-2H3,(H,23,25,27)(H2,24,26,29)/t13-,14+. The molecule has 0 unspecified atom stereocenters. The zero-order chi connectivity index (χ0) is 20.8. The van der Waals surface area contributed by atoms with Gasteiger partial charge in [-0.25, -0.2) is 14.2 Å². The SMILES string of the molecule is CN(C)c1ccnc(N[C@H]2CC[C@@H](CNC(=O)Nc3ccc(F)c(Cl)c3)CC2)n1. The number of aromatic nitrogens is 2. The van der Waals surface area contributed by atoms with Gasteiger partial charge in [-0.1, -0.05) is 11.6 Å². The van der Waals surface area contributed by atoms with Crippen LogP contribution in [-0.4, -0.2) is 42.7 Å². The van der Waals surface area contributed by atoms with E-state index in [1.54, 1.807) is 6.20 Å². The summed E-state index contributed by atoms with van der Waals surface area (Å²) in [4.78, 5) is 22.8. The molecule has 1 fully saturated rings. The van der Waals surface area contributed by atoms with Crippen molar-refractivity contribution in [3.8, 4) is 0 Å². The van der Waals surface area contributed by atoms with Gasteiger partial charge in [-0.3, -0.25) is 0 Å². The van der Waals surface area contributed by atoms with Crippen LogP contribution in [0.2, 0.25) is 5.02 Å². The normalized spacial score (nSPS) is 18.8. The number of amides is 2. The summed E-state index contributed by atoms with van der Waals surface area (Å²) in [6.07, 6.45) is 5.77. The van der Waals surface area contributed by atoms with Crippen LogP contribution in [0.25, 0.3) is 0 Å². The summed E-state index contributed by atoms with van der Waals surface area (Å²) in [6.45, 7) is 0.597. The maximum atomic E-state index is 13.2. The van der Waals surface area contributed by atoms with Crippen molar-refractivity contribution in [3.63, 3.8) is 0 Å². The van der Waals surface area contributed by atoms with E-state index in [0.29, 0.717) is 30.1 Å². The fourth-order valence-corrected chi connectivity index (χ4v) is 3.53. The Balaban J connectivity index is 1.40. The summed E-state index contributed by atoms with van der Waals surface area (Å²) >= 11 is 5.73. The molecule has 1 saturated carbocycles. The Labute approximate surface area is 175 Å². The van der Waals surface area contributed by atoms with Crippen LogP contribution in [0, 0.1) is 11.7 Å². The molecule has 3 rings (SSSR count). The van der Waals surface area contributed by atoms with Gasteiger partial charge in [0.1, 0.15) is 11.6 Å². The van der Waals surface area contributed by atoms with E-state index in [-0.39, 0.29) is 11.1 Å². The number of halogens is 2. The van der Waals surface area contributed by atoms with Crippen LogP contribution in [0.4, 0.5) is 26.6 Å². The second kappa shape index (κ2) is 9.73. The Morgan fingerprint density at radius 2 is 2.00 bits per heavy atom. The van der Waals surface area contributed by atoms with Gasteiger partial charge in [-0.05, 0) is 55.9 Å². The van der Waals surface area contributed by atoms with E-state index in [1.807, 2.05) is 25.1 Å². The van der Waals surface area contributed by atoms with Crippen molar-refractivity contribution < 1.29 is 9.18 Å². The van der Waals surface area contributed by atoms with Crippen molar-refractivity contribution in [2.24, 2.45) is 5.92 Å². The molecule has 0 radical (unpaired) electrons. The lowest BCUT2D eigenvalue weighted by Gasteiger charge is -2.29. The van der Waals surface area contributed by atoms with Crippen molar-refractivity contribution in [3.05, 3.63) is 41.3 Å². The number of urea groups is 1. The molecular formula is C20H26ClFN6O. The molecule has 0 atom stereocenters. The maximum absolute atomic E-state index is 13.2. The number of carbonyl (C=O) groups excluding carboxylic acids is 1. The summed E-state index contributed by atoms with van der Waals surface area (Å²) in [5.74, 6) is 1.43. The van der Waals surface area contributed by atoms with Crippen molar-refractivity contribution >= 4 is 35.1 Å². The summed E-state index contributed by atoms with van der Waals surface area (Å²) in [7, 11) is 3.90. The van der Waals surface area contributed by atoms with Crippen LogP contribution >= 0.6 is 11.6 Å². The highest BCUT2D eigenvalue weighted by atomic mass is 35.5. The summed E-state index contributed by atoms with van der Waals surface area (Å²) in [5, 5.41) is 8.95. The lowest BCUT2D eigenvalue weighted by Crippen LogP contribution is -2.36. The van der Waals surface area contributed by atoms with Crippen LogP contribution in [0.1, 0.15) is 25.7 Å². The highest BCUT2D eigenvalue weighted by Crippen LogP contribution is 2.26. The number of carbonyl (C=O) groups is 1.